The van der Waals surface area contributed by atoms with Gasteiger partial charge in [-0.2, -0.15) is 0 Å². The highest BCUT2D eigenvalue weighted by atomic mass is 35.8. The lowest BCUT2D eigenvalue weighted by Gasteiger charge is -2.38. The highest BCUT2D eigenvalue weighted by Crippen LogP contribution is 2.37. The molecule has 0 fully saturated rings. The van der Waals surface area contributed by atoms with E-state index in [9.17, 15) is 0 Å². The van der Waals surface area contributed by atoms with Crippen molar-refractivity contribution in [2.45, 2.75) is 45.6 Å². The number of ether oxygens (including phenoxy) is 3. The largest absolute Gasteiger partial charge is 0.494 e. The number of rotatable bonds is 6. The molecule has 0 aromatic heterocycles. The molecule has 1 aromatic carbocycles. The molecule has 0 saturated carbocycles. The third-order valence-corrected chi connectivity index (χ3v) is 6.40. The van der Waals surface area contributed by atoms with E-state index in [1.54, 1.807) is 0 Å². The molecule has 1 atom stereocenters. The van der Waals surface area contributed by atoms with E-state index in [0.717, 1.165) is 23.5 Å². The van der Waals surface area contributed by atoms with Crippen LogP contribution >= 0.6 is 33.2 Å². The molecule has 0 aliphatic carbocycles. The van der Waals surface area contributed by atoms with Gasteiger partial charge in [0.1, 0.15) is 11.5 Å². The number of hydrogen-bond acceptors (Lipinski definition) is 3. The zero-order valence-electron chi connectivity index (χ0n) is 13.0. The summed E-state index contributed by atoms with van der Waals surface area (Å²) in [5, 5.41) is 0. The molecule has 1 aliphatic rings. The van der Waals surface area contributed by atoms with Gasteiger partial charge in [-0.05, 0) is 30.7 Å². The first-order chi connectivity index (χ1) is 10.2. The second-order valence-corrected chi connectivity index (χ2v) is 15.2. The number of fused-ring (bicyclic) bond motifs is 1. The van der Waals surface area contributed by atoms with Crippen molar-refractivity contribution in [3.8, 4) is 11.5 Å². The highest BCUT2D eigenvalue weighted by molar-refractivity contribution is 7.64. The van der Waals surface area contributed by atoms with Crippen LogP contribution in [-0.4, -0.2) is 18.4 Å². The van der Waals surface area contributed by atoms with E-state index in [1.807, 2.05) is 25.1 Å². The lowest BCUT2D eigenvalue weighted by molar-refractivity contribution is -0.219. The molecule has 0 spiro atoms. The molecule has 0 bridgehead atoms. The van der Waals surface area contributed by atoms with E-state index in [1.165, 1.54) is 0 Å². The summed E-state index contributed by atoms with van der Waals surface area (Å²) in [7, 11) is 0. The molecule has 0 radical (unpaired) electrons. The van der Waals surface area contributed by atoms with Crippen molar-refractivity contribution in [2.75, 3.05) is 6.61 Å². The van der Waals surface area contributed by atoms with Crippen LogP contribution in [0.5, 0.6) is 11.5 Å². The summed E-state index contributed by atoms with van der Waals surface area (Å²) in [4.78, 5) is 0. The van der Waals surface area contributed by atoms with Crippen LogP contribution in [0.4, 0.5) is 0 Å². The Hall–Kier alpha value is -0.133. The lowest BCUT2D eigenvalue weighted by atomic mass is 10.0. The summed E-state index contributed by atoms with van der Waals surface area (Å²) in [6.45, 7) is 7.17. The van der Waals surface area contributed by atoms with E-state index in [0.29, 0.717) is 19.3 Å². The van der Waals surface area contributed by atoms with Crippen molar-refractivity contribution in [1.82, 2.24) is 0 Å². The van der Waals surface area contributed by atoms with Crippen molar-refractivity contribution in [1.29, 1.82) is 0 Å². The van der Waals surface area contributed by atoms with Gasteiger partial charge >= 0.3 is 6.00 Å². The maximum atomic E-state index is 5.98. The van der Waals surface area contributed by atoms with E-state index < -0.39 is 11.8 Å². The van der Waals surface area contributed by atoms with Crippen LogP contribution < -0.4 is 9.47 Å². The third kappa shape index (κ3) is 4.93. The smallest absolute Gasteiger partial charge is 0.341 e. The average Bonchev–Trinajstić information content (AvgIpc) is 2.42. The molecule has 1 aliphatic heterocycles. The van der Waals surface area contributed by atoms with Crippen LogP contribution in [0.1, 0.15) is 32.8 Å². The topological polar surface area (TPSA) is 27.7 Å². The molecule has 3 nitrogen and oxygen atoms in total. The second-order valence-electron chi connectivity index (χ2n) is 5.90. The zero-order valence-corrected chi connectivity index (χ0v) is 16.3. The Kier molecular flexibility index (Phi) is 5.94. The van der Waals surface area contributed by atoms with Crippen LogP contribution in [0.3, 0.4) is 0 Å². The highest BCUT2D eigenvalue weighted by Gasteiger charge is 2.36. The fraction of sp³-hybridized carbons (Fsp3) is 0.600. The number of halogens is 3. The quantitative estimate of drug-likeness (QED) is 0.374. The normalized spacial score (nSPS) is 21.4. The molecule has 7 heteroatoms. The third-order valence-electron chi connectivity index (χ3n) is 3.78. The maximum absolute atomic E-state index is 5.98. The van der Waals surface area contributed by atoms with Gasteiger partial charge in [0, 0.05) is 18.4 Å². The van der Waals surface area contributed by atoms with Gasteiger partial charge in [0.05, 0.1) is 13.2 Å². The van der Waals surface area contributed by atoms with E-state index in [2.05, 4.69) is 13.8 Å². The molecule has 1 heterocycles. The molecule has 22 heavy (non-hydrogen) atoms. The SMILES string of the molecule is CC(C)C1(C)OCc2cc(OCCC[Si](Cl)(Cl)Cl)ccc2O1. The van der Waals surface area contributed by atoms with Crippen molar-refractivity contribution >= 4 is 39.2 Å². The molecule has 0 saturated heterocycles. The van der Waals surface area contributed by atoms with Gasteiger partial charge in [0.2, 0.25) is 5.79 Å². The van der Waals surface area contributed by atoms with Crippen LogP contribution in [0.2, 0.25) is 6.04 Å². The predicted molar refractivity (Wildman–Crippen MR) is 93.3 cm³/mol. The van der Waals surface area contributed by atoms with Crippen molar-refractivity contribution in [3.05, 3.63) is 23.8 Å². The molecule has 124 valence electrons. The summed E-state index contributed by atoms with van der Waals surface area (Å²) in [5.74, 6) is 1.32. The minimum absolute atomic E-state index is 0.266. The first kappa shape index (κ1) is 18.2. The van der Waals surface area contributed by atoms with Gasteiger partial charge in [-0.25, -0.2) is 0 Å². The molecule has 2 rings (SSSR count). The molecule has 1 unspecified atom stereocenters. The van der Waals surface area contributed by atoms with Crippen LogP contribution in [-0.2, 0) is 11.3 Å². The number of benzene rings is 1. The van der Waals surface area contributed by atoms with Crippen molar-refractivity contribution < 1.29 is 14.2 Å². The van der Waals surface area contributed by atoms with Gasteiger partial charge in [-0.15, -0.1) is 33.2 Å². The fourth-order valence-corrected chi connectivity index (χ4v) is 3.82. The molecular weight excluding hydrogens is 363 g/mol. The Balaban J connectivity index is 1.93. The maximum Gasteiger partial charge on any atom is 0.341 e. The standard InChI is InChI=1S/C15H21Cl3O3Si/c1-11(2)15(3)20-10-12-9-13(5-6-14(12)21-15)19-7-4-8-22(16,17)18/h5-6,9,11H,4,7-8,10H2,1-3H3. The monoisotopic (exact) mass is 382 g/mol. The Morgan fingerprint density at radius 1 is 1.32 bits per heavy atom. The minimum atomic E-state index is -2.55. The van der Waals surface area contributed by atoms with E-state index >= 15 is 0 Å². The summed E-state index contributed by atoms with van der Waals surface area (Å²) >= 11 is 17.5. The van der Waals surface area contributed by atoms with Crippen LogP contribution in [0.25, 0.3) is 0 Å². The Morgan fingerprint density at radius 3 is 2.68 bits per heavy atom. The number of hydrogen-bond donors (Lipinski definition) is 0. The minimum Gasteiger partial charge on any atom is -0.494 e. The molecule has 0 amide bonds. The summed E-state index contributed by atoms with van der Waals surface area (Å²) in [6, 6.07) is 3.82. The van der Waals surface area contributed by atoms with Gasteiger partial charge in [0.15, 0.2) is 0 Å². The average molecular weight is 384 g/mol. The summed E-state index contributed by atoms with van der Waals surface area (Å²) < 4.78 is 17.5. The molecule has 1 aromatic rings. The second kappa shape index (κ2) is 7.18. The molecule has 0 N–H and O–H groups in total. The first-order valence-corrected chi connectivity index (χ1v) is 12.6. The van der Waals surface area contributed by atoms with Gasteiger partial charge in [0.25, 0.3) is 0 Å². The van der Waals surface area contributed by atoms with Crippen molar-refractivity contribution in [3.63, 3.8) is 0 Å². The zero-order chi connectivity index (χ0) is 16.4. The summed E-state index contributed by atoms with van der Waals surface area (Å²) in [5.41, 5.74) is 0.992. The lowest BCUT2D eigenvalue weighted by Crippen LogP contribution is -2.43. The Bertz CT molecular complexity index is 519. The summed E-state index contributed by atoms with van der Waals surface area (Å²) in [6.07, 6.45) is 0.734. The van der Waals surface area contributed by atoms with Gasteiger partial charge in [-0.1, -0.05) is 13.8 Å². The van der Waals surface area contributed by atoms with Gasteiger partial charge < -0.3 is 14.2 Å². The first-order valence-electron chi connectivity index (χ1n) is 7.35. The van der Waals surface area contributed by atoms with E-state index in [-0.39, 0.29) is 5.92 Å². The van der Waals surface area contributed by atoms with Crippen LogP contribution in [0.15, 0.2) is 18.2 Å². The Morgan fingerprint density at radius 2 is 2.05 bits per heavy atom. The predicted octanol–water partition coefficient (Wildman–Crippen LogP) is 5.39. The van der Waals surface area contributed by atoms with Gasteiger partial charge in [-0.3, -0.25) is 0 Å². The fourth-order valence-electron chi connectivity index (χ4n) is 2.07. The van der Waals surface area contributed by atoms with E-state index in [4.69, 9.17) is 47.4 Å². The Labute approximate surface area is 146 Å². The van der Waals surface area contributed by atoms with Crippen LogP contribution in [0, 0.1) is 5.92 Å². The van der Waals surface area contributed by atoms with Crippen molar-refractivity contribution in [2.24, 2.45) is 5.92 Å². The molecular formula is C15H21Cl3O3Si.